The molecule has 0 aromatic heterocycles. The number of aliphatic hydroxyl groups excluding tert-OH is 1. The van der Waals surface area contributed by atoms with Crippen LogP contribution in [0.5, 0.6) is 0 Å². The Hall–Kier alpha value is -1.72. The molecule has 1 unspecified atom stereocenters. The van der Waals surface area contributed by atoms with Crippen LogP contribution in [-0.4, -0.2) is 29.6 Å². The van der Waals surface area contributed by atoms with Gasteiger partial charge < -0.3 is 10.8 Å². The molecule has 0 saturated carbocycles. The highest BCUT2D eigenvalue weighted by atomic mass is 16.3. The number of rotatable bonds is 3. The van der Waals surface area contributed by atoms with Crippen molar-refractivity contribution in [2.75, 3.05) is 6.54 Å². The van der Waals surface area contributed by atoms with Crippen molar-refractivity contribution in [1.29, 1.82) is 0 Å². The van der Waals surface area contributed by atoms with Gasteiger partial charge in [-0.25, -0.2) is 0 Å². The molecule has 5 heteroatoms. The molecule has 1 aromatic rings. The highest BCUT2D eigenvalue weighted by molar-refractivity contribution is 6.21. The summed E-state index contributed by atoms with van der Waals surface area (Å²) < 4.78 is 0. The van der Waals surface area contributed by atoms with E-state index < -0.39 is 0 Å². The fourth-order valence-corrected chi connectivity index (χ4v) is 1.51. The molecule has 1 atom stereocenters. The average Bonchev–Trinajstić information content (AvgIpc) is 2.67. The van der Waals surface area contributed by atoms with Gasteiger partial charge >= 0.3 is 0 Å². The lowest BCUT2D eigenvalue weighted by Gasteiger charge is -2.01. The molecule has 0 bridgehead atoms. The molecule has 2 rings (SSSR count). The van der Waals surface area contributed by atoms with Crippen molar-refractivity contribution >= 4 is 11.8 Å². The van der Waals surface area contributed by atoms with Gasteiger partial charge in [-0.2, -0.15) is 0 Å². The second-order valence-corrected chi connectivity index (χ2v) is 3.97. The van der Waals surface area contributed by atoms with E-state index in [4.69, 9.17) is 10.8 Å². The molecular weight excluding hydrogens is 232 g/mol. The van der Waals surface area contributed by atoms with Crippen molar-refractivity contribution in [3.63, 3.8) is 0 Å². The summed E-state index contributed by atoms with van der Waals surface area (Å²) in [6.45, 7) is 2.54. The predicted octanol–water partition coefficient (Wildman–Crippen LogP) is 0.676. The summed E-state index contributed by atoms with van der Waals surface area (Å²) in [5, 5.41) is 11.0. The number of imide groups is 1. The highest BCUT2D eigenvalue weighted by Crippen LogP contribution is 2.13. The highest BCUT2D eigenvalue weighted by Gasteiger charge is 2.25. The smallest absolute Gasteiger partial charge is 0.258 e. The molecule has 4 N–H and O–H groups in total. The van der Waals surface area contributed by atoms with Crippen LogP contribution in [0, 0.1) is 0 Å². The number of carbonyl (C=O) groups excluding carboxylic acids is 2. The van der Waals surface area contributed by atoms with Crippen molar-refractivity contribution < 1.29 is 14.7 Å². The third kappa shape index (κ3) is 3.65. The summed E-state index contributed by atoms with van der Waals surface area (Å²) in [7, 11) is 0. The molecule has 18 heavy (non-hydrogen) atoms. The van der Waals surface area contributed by atoms with E-state index in [1.807, 2.05) is 6.92 Å². The zero-order valence-electron chi connectivity index (χ0n) is 10.3. The maximum absolute atomic E-state index is 10.9. The van der Waals surface area contributed by atoms with Gasteiger partial charge in [0, 0.05) is 0 Å². The minimum atomic E-state index is -0.300. The molecule has 0 fully saturated rings. The summed E-state index contributed by atoms with van der Waals surface area (Å²) >= 11 is 0. The molecule has 1 heterocycles. The Morgan fingerprint density at radius 3 is 2.06 bits per heavy atom. The predicted molar refractivity (Wildman–Crippen MR) is 68.2 cm³/mol. The quantitative estimate of drug-likeness (QED) is 0.688. The Bertz CT molecular complexity index is 399. The van der Waals surface area contributed by atoms with Crippen molar-refractivity contribution in [2.45, 2.75) is 25.9 Å². The molecule has 0 radical (unpaired) electrons. The van der Waals surface area contributed by atoms with Crippen LogP contribution in [0.1, 0.15) is 40.5 Å². The monoisotopic (exact) mass is 250 g/mol. The van der Waals surface area contributed by atoms with Crippen molar-refractivity contribution in [1.82, 2.24) is 5.32 Å². The van der Waals surface area contributed by atoms with Gasteiger partial charge in [-0.15, -0.1) is 0 Å². The van der Waals surface area contributed by atoms with Gasteiger partial charge in [0.1, 0.15) is 0 Å². The molecule has 1 aromatic carbocycles. The molecule has 0 aliphatic carbocycles. The first-order valence-corrected chi connectivity index (χ1v) is 5.93. The Balaban J connectivity index is 0.000000203. The Kier molecular flexibility index (Phi) is 5.48. The molecule has 98 valence electrons. The van der Waals surface area contributed by atoms with Crippen LogP contribution in [0.25, 0.3) is 0 Å². The third-order valence-electron chi connectivity index (χ3n) is 2.61. The summed E-state index contributed by atoms with van der Waals surface area (Å²) in [6, 6.07) is 6.74. The van der Waals surface area contributed by atoms with Crippen LogP contribution in [0.2, 0.25) is 0 Å². The maximum Gasteiger partial charge on any atom is 0.258 e. The first-order valence-electron chi connectivity index (χ1n) is 5.93. The number of amides is 2. The molecule has 1 aliphatic rings. The van der Waals surface area contributed by atoms with Crippen LogP contribution in [0.3, 0.4) is 0 Å². The number of benzene rings is 1. The van der Waals surface area contributed by atoms with Gasteiger partial charge in [0.25, 0.3) is 11.8 Å². The van der Waals surface area contributed by atoms with Gasteiger partial charge in [-0.3, -0.25) is 14.9 Å². The Labute approximate surface area is 106 Å². The molecule has 0 spiro atoms. The number of nitrogens with two attached hydrogens (primary N) is 1. The SMILES string of the molecule is CCC(O)CCN.O=C1NC(=O)c2ccccc21. The van der Waals surface area contributed by atoms with Crippen LogP contribution in [0.4, 0.5) is 0 Å². The van der Waals surface area contributed by atoms with Gasteiger partial charge in [-0.05, 0) is 31.5 Å². The van der Waals surface area contributed by atoms with E-state index in [-0.39, 0.29) is 17.9 Å². The molecule has 1 aliphatic heterocycles. The second kappa shape index (κ2) is 6.88. The maximum atomic E-state index is 10.9. The van der Waals surface area contributed by atoms with E-state index in [9.17, 15) is 9.59 Å². The summed E-state index contributed by atoms with van der Waals surface area (Å²) in [5.41, 5.74) is 6.08. The minimum absolute atomic E-state index is 0.176. The summed E-state index contributed by atoms with van der Waals surface area (Å²) in [4.78, 5) is 21.9. The lowest BCUT2D eigenvalue weighted by molar-refractivity contribution is 0.0879. The van der Waals surface area contributed by atoms with Gasteiger partial charge in [-0.1, -0.05) is 19.1 Å². The number of nitrogens with one attached hydrogen (secondary N) is 1. The van der Waals surface area contributed by atoms with Crippen LogP contribution in [-0.2, 0) is 0 Å². The van der Waals surface area contributed by atoms with Gasteiger partial charge in [0.15, 0.2) is 0 Å². The Morgan fingerprint density at radius 1 is 1.22 bits per heavy atom. The standard InChI is InChI=1S/C8H5NO2.C5H13NO/c10-7-5-3-1-2-4-6(5)8(11)9-7;1-2-5(7)3-4-6/h1-4H,(H,9,10,11);5,7H,2-4,6H2,1H3. The number of fused-ring (bicyclic) bond motifs is 1. The van der Waals surface area contributed by atoms with E-state index in [1.165, 1.54) is 0 Å². The minimum Gasteiger partial charge on any atom is -0.393 e. The van der Waals surface area contributed by atoms with E-state index >= 15 is 0 Å². The van der Waals surface area contributed by atoms with Crippen molar-refractivity contribution in [3.8, 4) is 0 Å². The number of carbonyl (C=O) groups is 2. The lowest BCUT2D eigenvalue weighted by Crippen LogP contribution is -2.19. The number of hydrogen-bond donors (Lipinski definition) is 3. The van der Waals surface area contributed by atoms with E-state index in [1.54, 1.807) is 24.3 Å². The van der Waals surface area contributed by atoms with Gasteiger partial charge in [0.2, 0.25) is 0 Å². The van der Waals surface area contributed by atoms with Crippen LogP contribution < -0.4 is 11.1 Å². The topological polar surface area (TPSA) is 92.4 Å². The van der Waals surface area contributed by atoms with E-state index in [0.29, 0.717) is 17.7 Å². The van der Waals surface area contributed by atoms with Crippen molar-refractivity contribution in [2.24, 2.45) is 5.73 Å². The molecule has 2 amide bonds. The normalized spacial score (nSPS) is 14.4. The molecule has 0 saturated heterocycles. The van der Waals surface area contributed by atoms with Gasteiger partial charge in [0.05, 0.1) is 17.2 Å². The van der Waals surface area contributed by atoms with Crippen LogP contribution >= 0.6 is 0 Å². The molecule has 5 nitrogen and oxygen atoms in total. The largest absolute Gasteiger partial charge is 0.393 e. The van der Waals surface area contributed by atoms with Crippen molar-refractivity contribution in [3.05, 3.63) is 35.4 Å². The number of hydrogen-bond acceptors (Lipinski definition) is 4. The zero-order valence-corrected chi connectivity index (χ0v) is 10.3. The fourth-order valence-electron chi connectivity index (χ4n) is 1.51. The summed E-state index contributed by atoms with van der Waals surface area (Å²) in [6.07, 6.45) is 1.37. The first-order chi connectivity index (χ1) is 8.60. The molecular formula is C13H18N2O3. The summed E-state index contributed by atoms with van der Waals surface area (Å²) in [5.74, 6) is -0.601. The third-order valence-corrected chi connectivity index (χ3v) is 2.61. The second-order valence-electron chi connectivity index (χ2n) is 3.97. The van der Waals surface area contributed by atoms with E-state index in [2.05, 4.69) is 5.32 Å². The lowest BCUT2D eigenvalue weighted by atomic mass is 10.1. The first kappa shape index (κ1) is 14.3. The Morgan fingerprint density at radius 2 is 1.72 bits per heavy atom. The zero-order chi connectivity index (χ0) is 13.5. The fraction of sp³-hybridized carbons (Fsp3) is 0.385. The number of aliphatic hydroxyl groups is 1. The average molecular weight is 250 g/mol. The van der Waals surface area contributed by atoms with Crippen LogP contribution in [0.15, 0.2) is 24.3 Å². The van der Waals surface area contributed by atoms with E-state index in [0.717, 1.165) is 12.8 Å².